The molecule has 2 N–H and O–H groups in total. The van der Waals surface area contributed by atoms with Crippen molar-refractivity contribution in [2.24, 2.45) is 5.16 Å². The summed E-state index contributed by atoms with van der Waals surface area (Å²) in [5, 5.41) is 22.0. The van der Waals surface area contributed by atoms with Crippen LogP contribution in [0, 0.1) is 0 Å². The van der Waals surface area contributed by atoms with Crippen LogP contribution in [-0.4, -0.2) is 29.7 Å². The van der Waals surface area contributed by atoms with E-state index < -0.39 is 0 Å². The van der Waals surface area contributed by atoms with Crippen LogP contribution in [0.3, 0.4) is 0 Å². The number of methoxy groups -OCH3 is 1. The van der Waals surface area contributed by atoms with Gasteiger partial charge in [-0.1, -0.05) is 35.5 Å². The summed E-state index contributed by atoms with van der Waals surface area (Å²) in [6.07, 6.45) is 4.86. The van der Waals surface area contributed by atoms with Gasteiger partial charge in [0.2, 0.25) is 0 Å². The topological polar surface area (TPSA) is 71.3 Å². The lowest BCUT2D eigenvalue weighted by Gasteiger charge is -2.05. The second-order valence-electron chi connectivity index (χ2n) is 5.12. The van der Waals surface area contributed by atoms with Crippen molar-refractivity contribution in [2.45, 2.75) is 12.8 Å². The van der Waals surface area contributed by atoms with Crippen LogP contribution in [0.1, 0.15) is 18.4 Å². The number of para-hydroxylation sites is 1. The lowest BCUT2D eigenvalue weighted by Crippen LogP contribution is -2.01. The lowest BCUT2D eigenvalue weighted by molar-refractivity contribution is 0.306. The zero-order valence-electron chi connectivity index (χ0n) is 13.6. The molecule has 0 saturated carbocycles. The molecule has 0 aliphatic carbocycles. The van der Waals surface area contributed by atoms with E-state index in [-0.39, 0.29) is 5.75 Å². The number of aromatic hydroxyl groups is 1. The number of oxime groups is 1. The van der Waals surface area contributed by atoms with Crippen LogP contribution in [0.15, 0.2) is 59.8 Å². The van der Waals surface area contributed by atoms with Gasteiger partial charge in [0.1, 0.15) is 5.75 Å². The average Bonchev–Trinajstić information content (AvgIpc) is 2.63. The highest BCUT2D eigenvalue weighted by Gasteiger charge is 2.02. The fraction of sp³-hybridized carbons (Fsp3) is 0.211. The van der Waals surface area contributed by atoms with Gasteiger partial charge in [0, 0.05) is 0 Å². The van der Waals surface area contributed by atoms with Crippen LogP contribution in [0.5, 0.6) is 17.2 Å². The van der Waals surface area contributed by atoms with Crippen LogP contribution in [-0.2, 0) is 0 Å². The molecule has 0 saturated heterocycles. The number of phenols is 1. The van der Waals surface area contributed by atoms with E-state index in [9.17, 15) is 5.11 Å². The molecule has 0 bridgehead atoms. The Balaban J connectivity index is 1.83. The summed E-state index contributed by atoms with van der Waals surface area (Å²) < 4.78 is 10.7. The summed E-state index contributed by atoms with van der Waals surface area (Å²) in [6, 6.07) is 14.6. The van der Waals surface area contributed by atoms with E-state index in [0.29, 0.717) is 24.5 Å². The molecule has 126 valence electrons. The first kappa shape index (κ1) is 17.4. The minimum Gasteiger partial charge on any atom is -0.504 e. The Morgan fingerprint density at radius 3 is 2.67 bits per heavy atom. The highest BCUT2D eigenvalue weighted by atomic mass is 16.5. The van der Waals surface area contributed by atoms with Crippen LogP contribution >= 0.6 is 0 Å². The van der Waals surface area contributed by atoms with Crippen LogP contribution in [0.25, 0.3) is 6.08 Å². The van der Waals surface area contributed by atoms with Crippen molar-refractivity contribution in [3.63, 3.8) is 0 Å². The minimum absolute atomic E-state index is 0.0868. The third-order valence-corrected chi connectivity index (χ3v) is 3.39. The SMILES string of the molecule is COc1cc(/C=C/C(CCCOc2ccccc2)=N/O)ccc1O. The van der Waals surface area contributed by atoms with Crippen molar-refractivity contribution < 1.29 is 19.8 Å². The second-order valence-corrected chi connectivity index (χ2v) is 5.12. The summed E-state index contributed by atoms with van der Waals surface area (Å²) in [6.45, 7) is 0.546. The van der Waals surface area contributed by atoms with Gasteiger partial charge in [0.15, 0.2) is 11.5 Å². The third-order valence-electron chi connectivity index (χ3n) is 3.39. The van der Waals surface area contributed by atoms with E-state index in [2.05, 4.69) is 5.16 Å². The molecule has 0 heterocycles. The molecular weight excluding hydrogens is 306 g/mol. The van der Waals surface area contributed by atoms with Gasteiger partial charge in [0.25, 0.3) is 0 Å². The molecule has 0 atom stereocenters. The number of rotatable bonds is 8. The number of allylic oxidation sites excluding steroid dienone is 1. The number of hydrogen-bond acceptors (Lipinski definition) is 5. The maximum Gasteiger partial charge on any atom is 0.161 e. The van der Waals surface area contributed by atoms with Gasteiger partial charge in [-0.25, -0.2) is 0 Å². The Kier molecular flexibility index (Phi) is 6.71. The largest absolute Gasteiger partial charge is 0.504 e. The fourth-order valence-corrected chi connectivity index (χ4v) is 2.12. The predicted octanol–water partition coefficient (Wildman–Crippen LogP) is 4.10. The average molecular weight is 327 g/mol. The number of nitrogens with zero attached hydrogens (tertiary/aromatic N) is 1. The Morgan fingerprint density at radius 1 is 1.17 bits per heavy atom. The Bertz CT molecular complexity index is 696. The molecule has 0 radical (unpaired) electrons. The quantitative estimate of drug-likeness (QED) is 0.331. The molecule has 0 fully saturated rings. The summed E-state index contributed by atoms with van der Waals surface area (Å²) >= 11 is 0. The van der Waals surface area contributed by atoms with Crippen molar-refractivity contribution >= 4 is 11.8 Å². The van der Waals surface area contributed by atoms with Gasteiger partial charge in [-0.3, -0.25) is 0 Å². The standard InChI is InChI=1S/C19H21NO4/c1-23-19-14-15(10-12-18(19)21)9-11-16(20-22)6-5-13-24-17-7-3-2-4-8-17/h2-4,7-12,14,21-22H,5-6,13H2,1H3/b11-9+,20-16+. The monoisotopic (exact) mass is 327 g/mol. The van der Waals surface area contributed by atoms with Crippen molar-refractivity contribution in [2.75, 3.05) is 13.7 Å². The molecule has 0 unspecified atom stereocenters. The van der Waals surface area contributed by atoms with Crippen molar-refractivity contribution in [3.05, 3.63) is 60.2 Å². The van der Waals surface area contributed by atoms with E-state index in [1.54, 1.807) is 30.4 Å². The summed E-state index contributed by atoms with van der Waals surface area (Å²) in [7, 11) is 1.50. The van der Waals surface area contributed by atoms with Gasteiger partial charge in [0.05, 0.1) is 19.4 Å². The molecule has 0 spiro atoms. The molecule has 5 nitrogen and oxygen atoms in total. The summed E-state index contributed by atoms with van der Waals surface area (Å²) in [5.74, 6) is 1.31. The van der Waals surface area contributed by atoms with Crippen LogP contribution in [0.4, 0.5) is 0 Å². The van der Waals surface area contributed by atoms with Crippen molar-refractivity contribution in [1.29, 1.82) is 0 Å². The Labute approximate surface area is 141 Å². The third kappa shape index (κ3) is 5.35. The zero-order valence-corrected chi connectivity index (χ0v) is 13.6. The molecule has 2 aromatic rings. The summed E-state index contributed by atoms with van der Waals surface area (Å²) in [5.41, 5.74) is 1.39. The first-order chi connectivity index (χ1) is 11.7. The number of benzene rings is 2. The molecule has 2 rings (SSSR count). The normalized spacial score (nSPS) is 11.6. The number of hydrogen-bond donors (Lipinski definition) is 2. The van der Waals surface area contributed by atoms with Gasteiger partial charge >= 0.3 is 0 Å². The Morgan fingerprint density at radius 2 is 1.96 bits per heavy atom. The van der Waals surface area contributed by atoms with Gasteiger partial charge in [-0.05, 0) is 48.7 Å². The number of ether oxygens (including phenoxy) is 2. The first-order valence-electron chi connectivity index (χ1n) is 7.67. The van der Waals surface area contributed by atoms with Crippen molar-refractivity contribution in [1.82, 2.24) is 0 Å². The molecule has 0 aliphatic rings. The van der Waals surface area contributed by atoms with Crippen LogP contribution < -0.4 is 9.47 Å². The van der Waals surface area contributed by atoms with E-state index in [0.717, 1.165) is 17.7 Å². The van der Waals surface area contributed by atoms with Crippen LogP contribution in [0.2, 0.25) is 0 Å². The van der Waals surface area contributed by atoms with E-state index in [4.69, 9.17) is 14.7 Å². The maximum atomic E-state index is 9.57. The lowest BCUT2D eigenvalue weighted by atomic mass is 10.1. The molecule has 2 aromatic carbocycles. The van der Waals surface area contributed by atoms with Gasteiger partial charge < -0.3 is 19.8 Å². The smallest absolute Gasteiger partial charge is 0.161 e. The highest BCUT2D eigenvalue weighted by molar-refractivity contribution is 5.97. The van der Waals surface area contributed by atoms with E-state index >= 15 is 0 Å². The molecule has 0 aliphatic heterocycles. The molecule has 5 heteroatoms. The molecular formula is C19H21NO4. The zero-order chi connectivity index (χ0) is 17.2. The second kappa shape index (κ2) is 9.25. The fourth-order valence-electron chi connectivity index (χ4n) is 2.12. The summed E-state index contributed by atoms with van der Waals surface area (Å²) in [4.78, 5) is 0. The van der Waals surface area contributed by atoms with E-state index in [1.807, 2.05) is 30.3 Å². The molecule has 0 amide bonds. The van der Waals surface area contributed by atoms with Gasteiger partial charge in [-0.2, -0.15) is 0 Å². The first-order valence-corrected chi connectivity index (χ1v) is 7.67. The van der Waals surface area contributed by atoms with E-state index in [1.165, 1.54) is 7.11 Å². The van der Waals surface area contributed by atoms with Gasteiger partial charge in [-0.15, -0.1) is 0 Å². The van der Waals surface area contributed by atoms with Crippen molar-refractivity contribution in [3.8, 4) is 17.2 Å². The molecule has 0 aromatic heterocycles. The molecule has 24 heavy (non-hydrogen) atoms. The number of phenolic OH excluding ortho intramolecular Hbond substituents is 1. The maximum absolute atomic E-state index is 9.57. The highest BCUT2D eigenvalue weighted by Crippen LogP contribution is 2.26. The Hall–Kier alpha value is -2.95. The predicted molar refractivity (Wildman–Crippen MR) is 94.1 cm³/mol. The minimum atomic E-state index is 0.0868.